The van der Waals surface area contributed by atoms with Crippen molar-refractivity contribution >= 4 is 17.7 Å². The molecule has 1 N–H and O–H groups in total. The molecule has 22 heavy (non-hydrogen) atoms. The Morgan fingerprint density at radius 1 is 1.00 bits per heavy atom. The minimum absolute atomic E-state index is 0.0727. The molecule has 2 aromatic rings. The van der Waals surface area contributed by atoms with Crippen LogP contribution in [0, 0.1) is 11.6 Å². The number of halogens is 2. The summed E-state index contributed by atoms with van der Waals surface area (Å²) in [4.78, 5) is 12.0. The van der Waals surface area contributed by atoms with Gasteiger partial charge < -0.3 is 5.32 Å². The van der Waals surface area contributed by atoms with Crippen LogP contribution in [0.2, 0.25) is 0 Å². The highest BCUT2D eigenvalue weighted by Gasteiger charge is 2.13. The van der Waals surface area contributed by atoms with Crippen molar-refractivity contribution in [3.8, 4) is 0 Å². The normalized spacial score (nSPS) is 12.0. The Kier molecular flexibility index (Phi) is 5.95. The summed E-state index contributed by atoms with van der Waals surface area (Å²) in [5.74, 6) is 0.0133. The maximum Gasteiger partial charge on any atom is 0.233 e. The Balaban J connectivity index is 1.76. The van der Waals surface area contributed by atoms with Crippen molar-refractivity contribution in [2.45, 2.75) is 24.5 Å². The number of hydrogen-bond acceptors (Lipinski definition) is 2. The van der Waals surface area contributed by atoms with Crippen LogP contribution in [0.1, 0.15) is 18.1 Å². The van der Waals surface area contributed by atoms with Gasteiger partial charge >= 0.3 is 0 Å². The molecule has 0 saturated heterocycles. The third-order valence-corrected chi connectivity index (χ3v) is 4.38. The van der Waals surface area contributed by atoms with E-state index in [2.05, 4.69) is 5.32 Å². The van der Waals surface area contributed by atoms with E-state index >= 15 is 0 Å². The lowest BCUT2D eigenvalue weighted by Gasteiger charge is -2.12. The van der Waals surface area contributed by atoms with Gasteiger partial charge in [0.1, 0.15) is 11.6 Å². The molecule has 116 valence electrons. The molecule has 5 heteroatoms. The molecule has 0 saturated carbocycles. The number of carbonyl (C=O) groups excluding carboxylic acids is 1. The first-order valence-electron chi connectivity index (χ1n) is 6.93. The van der Waals surface area contributed by atoms with Gasteiger partial charge in [-0.15, -0.1) is 11.8 Å². The van der Waals surface area contributed by atoms with E-state index in [0.717, 1.165) is 11.1 Å². The quantitative estimate of drug-likeness (QED) is 0.874. The lowest BCUT2D eigenvalue weighted by molar-refractivity contribution is -0.120. The van der Waals surface area contributed by atoms with Crippen LogP contribution in [0.15, 0.2) is 48.5 Å². The highest BCUT2D eigenvalue weighted by molar-refractivity contribution is 7.99. The van der Waals surface area contributed by atoms with E-state index in [0.29, 0.717) is 12.3 Å². The number of nitrogens with one attached hydrogen (secondary N) is 1. The van der Waals surface area contributed by atoms with Crippen molar-refractivity contribution in [1.29, 1.82) is 0 Å². The molecule has 0 heterocycles. The fraction of sp³-hybridized carbons (Fsp3) is 0.235. The zero-order valence-electron chi connectivity index (χ0n) is 12.2. The Morgan fingerprint density at radius 2 is 1.50 bits per heavy atom. The van der Waals surface area contributed by atoms with Crippen molar-refractivity contribution < 1.29 is 13.6 Å². The van der Waals surface area contributed by atoms with Gasteiger partial charge in [-0.1, -0.05) is 24.3 Å². The summed E-state index contributed by atoms with van der Waals surface area (Å²) in [6, 6.07) is 12.3. The van der Waals surface area contributed by atoms with Crippen molar-refractivity contribution in [3.63, 3.8) is 0 Å². The molecule has 0 aliphatic carbocycles. The lowest BCUT2D eigenvalue weighted by atomic mass is 10.2. The predicted molar refractivity (Wildman–Crippen MR) is 85.4 cm³/mol. The van der Waals surface area contributed by atoms with Crippen molar-refractivity contribution in [2.75, 3.05) is 0 Å². The summed E-state index contributed by atoms with van der Waals surface area (Å²) in [5.41, 5.74) is 1.83. The highest BCUT2D eigenvalue weighted by Crippen LogP contribution is 2.18. The van der Waals surface area contributed by atoms with E-state index in [-0.39, 0.29) is 22.8 Å². The minimum atomic E-state index is -0.293. The standard InChI is InChI=1S/C17H17F2NOS/c1-12(22-11-14-4-8-16(19)9-5-14)17(21)20-10-13-2-6-15(18)7-3-13/h2-9,12H,10-11H2,1H3,(H,20,21). The van der Waals surface area contributed by atoms with Crippen LogP contribution in [-0.4, -0.2) is 11.2 Å². The van der Waals surface area contributed by atoms with Gasteiger partial charge in [0, 0.05) is 12.3 Å². The summed E-state index contributed by atoms with van der Waals surface area (Å²) in [7, 11) is 0. The highest BCUT2D eigenvalue weighted by atomic mass is 32.2. The van der Waals surface area contributed by atoms with Crippen LogP contribution < -0.4 is 5.32 Å². The molecular formula is C17H17F2NOS. The molecule has 0 aliphatic rings. The van der Waals surface area contributed by atoms with Crippen LogP contribution in [0.25, 0.3) is 0 Å². The monoisotopic (exact) mass is 321 g/mol. The average Bonchev–Trinajstić information content (AvgIpc) is 2.53. The molecule has 0 aliphatic heterocycles. The van der Waals surface area contributed by atoms with Crippen LogP contribution in [0.5, 0.6) is 0 Å². The molecule has 1 atom stereocenters. The van der Waals surface area contributed by atoms with E-state index < -0.39 is 0 Å². The zero-order valence-corrected chi connectivity index (χ0v) is 13.0. The van der Waals surface area contributed by atoms with E-state index in [9.17, 15) is 13.6 Å². The Morgan fingerprint density at radius 3 is 2.05 bits per heavy atom. The molecule has 0 radical (unpaired) electrons. The van der Waals surface area contributed by atoms with Crippen molar-refractivity contribution in [2.24, 2.45) is 0 Å². The van der Waals surface area contributed by atoms with E-state index in [1.54, 1.807) is 24.3 Å². The molecule has 1 unspecified atom stereocenters. The summed E-state index contributed by atoms with van der Waals surface area (Å²) in [6.45, 7) is 2.20. The number of carbonyl (C=O) groups is 1. The predicted octanol–water partition coefficient (Wildman–Crippen LogP) is 3.90. The molecule has 0 spiro atoms. The maximum atomic E-state index is 12.8. The van der Waals surface area contributed by atoms with E-state index in [1.165, 1.54) is 36.0 Å². The fourth-order valence-corrected chi connectivity index (χ4v) is 2.68. The summed E-state index contributed by atoms with van der Waals surface area (Å²) in [5, 5.41) is 2.60. The van der Waals surface area contributed by atoms with Crippen molar-refractivity contribution in [1.82, 2.24) is 5.32 Å². The van der Waals surface area contributed by atoms with Crippen LogP contribution in [0.4, 0.5) is 8.78 Å². The number of hydrogen-bond donors (Lipinski definition) is 1. The van der Waals surface area contributed by atoms with Gasteiger partial charge in [-0.05, 0) is 42.3 Å². The van der Waals surface area contributed by atoms with Crippen molar-refractivity contribution in [3.05, 3.63) is 71.3 Å². The zero-order chi connectivity index (χ0) is 15.9. The van der Waals surface area contributed by atoms with E-state index in [1.807, 2.05) is 6.92 Å². The molecule has 2 nitrogen and oxygen atoms in total. The summed E-state index contributed by atoms with van der Waals surface area (Å²) in [6.07, 6.45) is 0. The van der Waals surface area contributed by atoms with Gasteiger partial charge in [0.05, 0.1) is 5.25 Å². The van der Waals surface area contributed by atoms with Gasteiger partial charge in [-0.2, -0.15) is 0 Å². The molecule has 0 fully saturated rings. The van der Waals surface area contributed by atoms with Crippen LogP contribution in [0.3, 0.4) is 0 Å². The molecular weight excluding hydrogens is 304 g/mol. The molecule has 2 aromatic carbocycles. The second-order valence-electron chi connectivity index (χ2n) is 4.92. The van der Waals surface area contributed by atoms with Gasteiger partial charge in [-0.25, -0.2) is 8.78 Å². The average molecular weight is 321 g/mol. The minimum Gasteiger partial charge on any atom is -0.351 e. The number of rotatable bonds is 6. The number of thioether (sulfide) groups is 1. The Bertz CT molecular complexity index is 614. The first-order valence-corrected chi connectivity index (χ1v) is 7.97. The third-order valence-electron chi connectivity index (χ3n) is 3.16. The fourth-order valence-electron chi connectivity index (χ4n) is 1.81. The second-order valence-corrected chi connectivity index (χ2v) is 6.25. The largest absolute Gasteiger partial charge is 0.351 e. The van der Waals surface area contributed by atoms with Gasteiger partial charge in [-0.3, -0.25) is 4.79 Å². The maximum absolute atomic E-state index is 12.8. The Labute approximate surface area is 132 Å². The SMILES string of the molecule is CC(SCc1ccc(F)cc1)C(=O)NCc1ccc(F)cc1. The summed E-state index contributed by atoms with van der Waals surface area (Å²) >= 11 is 1.49. The van der Waals surface area contributed by atoms with E-state index in [4.69, 9.17) is 0 Å². The molecule has 0 aromatic heterocycles. The molecule has 2 rings (SSSR count). The third kappa shape index (κ3) is 5.15. The topological polar surface area (TPSA) is 29.1 Å². The first-order chi connectivity index (χ1) is 10.5. The molecule has 0 bridgehead atoms. The molecule has 1 amide bonds. The van der Waals surface area contributed by atoms with Gasteiger partial charge in [0.25, 0.3) is 0 Å². The number of amides is 1. The van der Waals surface area contributed by atoms with Crippen LogP contribution in [-0.2, 0) is 17.1 Å². The smallest absolute Gasteiger partial charge is 0.233 e. The number of benzene rings is 2. The second kappa shape index (κ2) is 7.94. The summed E-state index contributed by atoms with van der Waals surface area (Å²) < 4.78 is 25.6. The lowest BCUT2D eigenvalue weighted by Crippen LogP contribution is -2.30. The van der Waals surface area contributed by atoms with Gasteiger partial charge in [0.15, 0.2) is 0 Å². The first kappa shape index (κ1) is 16.5. The Hall–Kier alpha value is -1.88. The van der Waals surface area contributed by atoms with Crippen LogP contribution >= 0.6 is 11.8 Å². The van der Waals surface area contributed by atoms with Gasteiger partial charge in [0.2, 0.25) is 5.91 Å².